The summed E-state index contributed by atoms with van der Waals surface area (Å²) in [6.45, 7) is 4.69. The zero-order valence-electron chi connectivity index (χ0n) is 11.9. The van der Waals surface area contributed by atoms with E-state index in [-0.39, 0.29) is 24.0 Å². The molecule has 0 radical (unpaired) electrons. The van der Waals surface area contributed by atoms with Gasteiger partial charge in [0.15, 0.2) is 5.96 Å². The Labute approximate surface area is 123 Å². The second kappa shape index (κ2) is 8.16. The second-order valence-electron chi connectivity index (χ2n) is 5.44. The van der Waals surface area contributed by atoms with Gasteiger partial charge < -0.3 is 10.2 Å². The van der Waals surface area contributed by atoms with Crippen molar-refractivity contribution in [2.75, 3.05) is 21.1 Å². The van der Waals surface area contributed by atoms with Crippen LogP contribution in [0, 0.1) is 11.8 Å². The van der Waals surface area contributed by atoms with Crippen LogP contribution in [0.5, 0.6) is 0 Å². The molecule has 1 rings (SSSR count). The van der Waals surface area contributed by atoms with E-state index in [9.17, 15) is 0 Å². The molecule has 3 nitrogen and oxygen atoms in total. The lowest BCUT2D eigenvalue weighted by molar-refractivity contribution is 0.248. The lowest BCUT2D eigenvalue weighted by Crippen LogP contribution is -2.44. The summed E-state index contributed by atoms with van der Waals surface area (Å²) in [7, 11) is 5.92. The topological polar surface area (TPSA) is 27.6 Å². The molecule has 0 saturated heterocycles. The van der Waals surface area contributed by atoms with Gasteiger partial charge in [-0.15, -0.1) is 24.0 Å². The molecule has 0 aliphatic heterocycles. The van der Waals surface area contributed by atoms with Crippen LogP contribution in [-0.4, -0.2) is 38.0 Å². The maximum Gasteiger partial charge on any atom is 0.193 e. The molecule has 102 valence electrons. The van der Waals surface area contributed by atoms with E-state index in [2.05, 4.69) is 29.1 Å². The van der Waals surface area contributed by atoms with Crippen molar-refractivity contribution in [1.29, 1.82) is 0 Å². The lowest BCUT2D eigenvalue weighted by Gasteiger charge is -2.33. The highest BCUT2D eigenvalue weighted by atomic mass is 127. The van der Waals surface area contributed by atoms with Crippen LogP contribution < -0.4 is 5.32 Å². The van der Waals surface area contributed by atoms with E-state index in [1.807, 2.05) is 21.1 Å². The van der Waals surface area contributed by atoms with Crippen LogP contribution in [0.25, 0.3) is 0 Å². The van der Waals surface area contributed by atoms with Crippen molar-refractivity contribution in [2.24, 2.45) is 16.8 Å². The number of hydrogen-bond donors (Lipinski definition) is 1. The van der Waals surface area contributed by atoms with Crippen LogP contribution in [0.3, 0.4) is 0 Å². The zero-order chi connectivity index (χ0) is 12.1. The molecule has 0 unspecified atom stereocenters. The first-order chi connectivity index (χ1) is 7.54. The van der Waals surface area contributed by atoms with Crippen LogP contribution in [0.2, 0.25) is 0 Å². The van der Waals surface area contributed by atoms with Crippen LogP contribution in [0.4, 0.5) is 0 Å². The fraction of sp³-hybridized carbons (Fsp3) is 0.923. The Morgan fingerprint density at radius 2 is 1.71 bits per heavy atom. The molecular weight excluding hydrogens is 325 g/mol. The van der Waals surface area contributed by atoms with Gasteiger partial charge in [-0.2, -0.15) is 0 Å². The van der Waals surface area contributed by atoms with Crippen molar-refractivity contribution >= 4 is 29.9 Å². The normalized spacial score (nSPS) is 25.4. The smallest absolute Gasteiger partial charge is 0.193 e. The second-order valence-corrected chi connectivity index (χ2v) is 5.44. The summed E-state index contributed by atoms with van der Waals surface area (Å²) < 4.78 is 0. The number of rotatable bonds is 2. The molecule has 4 heteroatoms. The molecule has 0 bridgehead atoms. The summed E-state index contributed by atoms with van der Waals surface area (Å²) in [6.07, 6.45) is 5.30. The molecule has 0 spiro atoms. The van der Waals surface area contributed by atoms with Crippen molar-refractivity contribution in [2.45, 2.75) is 45.6 Å². The minimum atomic E-state index is 0. The van der Waals surface area contributed by atoms with Gasteiger partial charge in [-0.05, 0) is 37.5 Å². The van der Waals surface area contributed by atoms with Gasteiger partial charge in [0.05, 0.1) is 0 Å². The third kappa shape index (κ3) is 5.44. The number of hydrogen-bond acceptors (Lipinski definition) is 1. The fourth-order valence-corrected chi connectivity index (χ4v) is 2.51. The summed E-state index contributed by atoms with van der Waals surface area (Å²) in [6, 6.07) is 0.621. The number of nitrogens with zero attached hydrogens (tertiary/aromatic N) is 2. The number of guanidine groups is 1. The molecular formula is C13H28IN3. The molecule has 0 aromatic rings. The van der Waals surface area contributed by atoms with Gasteiger partial charge in [0.2, 0.25) is 0 Å². The first-order valence-corrected chi connectivity index (χ1v) is 6.45. The molecule has 1 fully saturated rings. The molecule has 0 aromatic heterocycles. The minimum Gasteiger partial charge on any atom is -0.354 e. The number of nitrogens with one attached hydrogen (secondary N) is 1. The van der Waals surface area contributed by atoms with Crippen LogP contribution in [0.1, 0.15) is 39.5 Å². The summed E-state index contributed by atoms with van der Waals surface area (Å²) in [4.78, 5) is 6.32. The molecule has 0 atom stereocenters. The average Bonchev–Trinajstić information content (AvgIpc) is 2.26. The van der Waals surface area contributed by atoms with E-state index < -0.39 is 0 Å². The van der Waals surface area contributed by atoms with E-state index >= 15 is 0 Å². The molecule has 1 aliphatic rings. The van der Waals surface area contributed by atoms with Crippen molar-refractivity contribution in [3.8, 4) is 0 Å². The maximum absolute atomic E-state index is 4.27. The van der Waals surface area contributed by atoms with Crippen molar-refractivity contribution in [3.63, 3.8) is 0 Å². The van der Waals surface area contributed by atoms with E-state index in [0.29, 0.717) is 6.04 Å². The predicted molar refractivity (Wildman–Crippen MR) is 86.2 cm³/mol. The third-order valence-electron chi connectivity index (χ3n) is 3.68. The minimum absolute atomic E-state index is 0. The van der Waals surface area contributed by atoms with Gasteiger partial charge in [-0.25, -0.2) is 0 Å². The first kappa shape index (κ1) is 17.0. The summed E-state index contributed by atoms with van der Waals surface area (Å²) in [5, 5.41) is 3.54. The van der Waals surface area contributed by atoms with Crippen LogP contribution >= 0.6 is 24.0 Å². The van der Waals surface area contributed by atoms with Gasteiger partial charge in [-0.3, -0.25) is 4.99 Å². The van der Waals surface area contributed by atoms with Gasteiger partial charge in [0, 0.05) is 27.2 Å². The fourth-order valence-electron chi connectivity index (χ4n) is 2.51. The number of aliphatic imine (C=N–C) groups is 1. The Morgan fingerprint density at radius 3 is 2.06 bits per heavy atom. The van der Waals surface area contributed by atoms with Gasteiger partial charge >= 0.3 is 0 Å². The largest absolute Gasteiger partial charge is 0.354 e. The van der Waals surface area contributed by atoms with Crippen molar-refractivity contribution < 1.29 is 0 Å². The summed E-state index contributed by atoms with van der Waals surface area (Å²) in [5.41, 5.74) is 0. The molecule has 1 N–H and O–H groups in total. The average molecular weight is 353 g/mol. The maximum atomic E-state index is 4.27. The zero-order valence-corrected chi connectivity index (χ0v) is 14.2. The van der Waals surface area contributed by atoms with E-state index in [1.165, 1.54) is 25.7 Å². The Bertz CT molecular complexity index is 231. The molecule has 17 heavy (non-hydrogen) atoms. The monoisotopic (exact) mass is 353 g/mol. The highest BCUT2D eigenvalue weighted by Gasteiger charge is 2.23. The van der Waals surface area contributed by atoms with Gasteiger partial charge in [0.1, 0.15) is 0 Å². The SMILES string of the molecule is CN=C(NC1CCC(C(C)C)CC1)N(C)C.I. The lowest BCUT2D eigenvalue weighted by atomic mass is 9.80. The van der Waals surface area contributed by atoms with Gasteiger partial charge in [0.25, 0.3) is 0 Å². The van der Waals surface area contributed by atoms with E-state index in [0.717, 1.165) is 17.8 Å². The standard InChI is InChI=1S/C13H27N3.HI/c1-10(2)11-6-8-12(9-7-11)15-13(14-3)16(4)5;/h10-12H,6-9H2,1-5H3,(H,14,15);1H. The molecule has 1 aliphatic carbocycles. The van der Waals surface area contributed by atoms with Crippen molar-refractivity contribution in [1.82, 2.24) is 10.2 Å². The molecule has 0 aromatic carbocycles. The Kier molecular flexibility index (Phi) is 8.16. The summed E-state index contributed by atoms with van der Waals surface area (Å²) in [5.74, 6) is 2.78. The first-order valence-electron chi connectivity index (χ1n) is 6.45. The van der Waals surface area contributed by atoms with Crippen molar-refractivity contribution in [3.05, 3.63) is 0 Å². The Hall–Kier alpha value is 0. The predicted octanol–water partition coefficient (Wildman–Crippen LogP) is 2.96. The van der Waals surface area contributed by atoms with E-state index in [1.54, 1.807) is 0 Å². The quantitative estimate of drug-likeness (QED) is 0.470. The third-order valence-corrected chi connectivity index (χ3v) is 3.68. The van der Waals surface area contributed by atoms with Gasteiger partial charge in [-0.1, -0.05) is 13.8 Å². The Morgan fingerprint density at radius 1 is 1.18 bits per heavy atom. The molecule has 1 saturated carbocycles. The highest BCUT2D eigenvalue weighted by Crippen LogP contribution is 2.29. The van der Waals surface area contributed by atoms with E-state index in [4.69, 9.17) is 0 Å². The number of halogens is 1. The molecule has 0 amide bonds. The summed E-state index contributed by atoms with van der Waals surface area (Å²) >= 11 is 0. The van der Waals surface area contributed by atoms with Crippen LogP contribution in [0.15, 0.2) is 4.99 Å². The highest BCUT2D eigenvalue weighted by molar-refractivity contribution is 14.0. The Balaban J connectivity index is 0.00000256. The van der Waals surface area contributed by atoms with Crippen LogP contribution in [-0.2, 0) is 0 Å². The molecule has 0 heterocycles.